The van der Waals surface area contributed by atoms with Gasteiger partial charge in [-0.2, -0.15) is 0 Å². The molecule has 0 radical (unpaired) electrons. The average molecular weight is 265 g/mol. The SMILES string of the molecule is CC(C)CC(CC(C)C)NC(C)CCc1ccco1. The van der Waals surface area contributed by atoms with Gasteiger partial charge < -0.3 is 9.73 Å². The fraction of sp³-hybridized carbons (Fsp3) is 0.765. The average Bonchev–Trinajstić information content (AvgIpc) is 2.77. The molecule has 0 amide bonds. The van der Waals surface area contributed by atoms with Crippen LogP contribution in [0.5, 0.6) is 0 Å². The molecule has 1 heterocycles. The Morgan fingerprint density at radius 3 is 2.16 bits per heavy atom. The van der Waals surface area contributed by atoms with E-state index in [1.807, 2.05) is 6.07 Å². The van der Waals surface area contributed by atoms with Gasteiger partial charge in [0, 0.05) is 18.5 Å². The number of hydrogen-bond donors (Lipinski definition) is 1. The predicted octanol–water partition coefficient (Wildman–Crippen LogP) is 4.65. The maximum atomic E-state index is 5.39. The summed E-state index contributed by atoms with van der Waals surface area (Å²) in [6, 6.07) is 5.22. The lowest BCUT2D eigenvalue weighted by molar-refractivity contribution is 0.323. The number of furan rings is 1. The molecule has 2 nitrogen and oxygen atoms in total. The van der Waals surface area contributed by atoms with Crippen LogP contribution in [-0.2, 0) is 6.42 Å². The van der Waals surface area contributed by atoms with Crippen molar-refractivity contribution in [1.82, 2.24) is 5.32 Å². The summed E-state index contributed by atoms with van der Waals surface area (Å²) in [5.74, 6) is 2.61. The molecule has 0 fully saturated rings. The Balaban J connectivity index is 2.34. The summed E-state index contributed by atoms with van der Waals surface area (Å²) in [5, 5.41) is 3.80. The van der Waals surface area contributed by atoms with Gasteiger partial charge in [-0.15, -0.1) is 0 Å². The van der Waals surface area contributed by atoms with Gasteiger partial charge in [-0.05, 0) is 50.2 Å². The molecule has 2 heteroatoms. The van der Waals surface area contributed by atoms with Crippen LogP contribution in [0.4, 0.5) is 0 Å². The highest BCUT2D eigenvalue weighted by Gasteiger charge is 2.15. The second kappa shape index (κ2) is 8.42. The van der Waals surface area contributed by atoms with Crippen LogP contribution in [0.25, 0.3) is 0 Å². The topological polar surface area (TPSA) is 25.2 Å². The Labute approximate surface area is 119 Å². The first-order chi connectivity index (χ1) is 8.97. The maximum Gasteiger partial charge on any atom is 0.103 e. The van der Waals surface area contributed by atoms with Crippen LogP contribution >= 0.6 is 0 Å². The molecule has 1 unspecified atom stereocenters. The van der Waals surface area contributed by atoms with Crippen LogP contribution in [0.3, 0.4) is 0 Å². The minimum atomic E-state index is 0.549. The number of aryl methyl sites for hydroxylation is 1. The first-order valence-electron chi connectivity index (χ1n) is 7.75. The van der Waals surface area contributed by atoms with Crippen LogP contribution in [0.1, 0.15) is 59.6 Å². The Kier molecular flexibility index (Phi) is 7.22. The third-order valence-corrected chi connectivity index (χ3v) is 3.44. The molecule has 0 saturated carbocycles. The summed E-state index contributed by atoms with van der Waals surface area (Å²) in [6.07, 6.45) is 6.46. The molecule has 0 saturated heterocycles. The van der Waals surface area contributed by atoms with Gasteiger partial charge in [0.05, 0.1) is 6.26 Å². The minimum absolute atomic E-state index is 0.549. The van der Waals surface area contributed by atoms with E-state index in [0.717, 1.165) is 30.4 Å². The van der Waals surface area contributed by atoms with Crippen molar-refractivity contribution in [3.05, 3.63) is 24.2 Å². The molecular weight excluding hydrogens is 234 g/mol. The van der Waals surface area contributed by atoms with Crippen LogP contribution in [0, 0.1) is 11.8 Å². The Morgan fingerprint density at radius 2 is 1.68 bits per heavy atom. The highest BCUT2D eigenvalue weighted by Crippen LogP contribution is 2.15. The van der Waals surface area contributed by atoms with E-state index >= 15 is 0 Å². The third-order valence-electron chi connectivity index (χ3n) is 3.44. The van der Waals surface area contributed by atoms with Gasteiger partial charge in [0.15, 0.2) is 0 Å². The summed E-state index contributed by atoms with van der Waals surface area (Å²) in [5.41, 5.74) is 0. The highest BCUT2D eigenvalue weighted by molar-refractivity contribution is 4.98. The van der Waals surface area contributed by atoms with Crippen molar-refractivity contribution in [3.63, 3.8) is 0 Å². The molecule has 1 N–H and O–H groups in total. The van der Waals surface area contributed by atoms with Gasteiger partial charge in [0.2, 0.25) is 0 Å². The van der Waals surface area contributed by atoms with E-state index in [0.29, 0.717) is 12.1 Å². The van der Waals surface area contributed by atoms with Crippen molar-refractivity contribution in [2.24, 2.45) is 11.8 Å². The zero-order valence-corrected chi connectivity index (χ0v) is 13.3. The molecule has 0 spiro atoms. The molecule has 0 aromatic carbocycles. The summed E-state index contributed by atoms with van der Waals surface area (Å²) < 4.78 is 5.39. The fourth-order valence-electron chi connectivity index (χ4n) is 2.67. The molecule has 1 rings (SSSR count). The summed E-state index contributed by atoms with van der Waals surface area (Å²) in [7, 11) is 0. The second-order valence-corrected chi connectivity index (χ2v) is 6.64. The number of rotatable bonds is 9. The van der Waals surface area contributed by atoms with E-state index in [-0.39, 0.29) is 0 Å². The second-order valence-electron chi connectivity index (χ2n) is 6.64. The van der Waals surface area contributed by atoms with E-state index in [2.05, 4.69) is 46.0 Å². The summed E-state index contributed by atoms with van der Waals surface area (Å²) in [6.45, 7) is 11.5. The highest BCUT2D eigenvalue weighted by atomic mass is 16.3. The standard InChI is InChI=1S/C17H31NO/c1-13(2)11-16(12-14(3)4)18-15(5)8-9-17-7-6-10-19-17/h6-7,10,13-16,18H,8-9,11-12H2,1-5H3. The monoisotopic (exact) mass is 265 g/mol. The van der Waals surface area contributed by atoms with E-state index < -0.39 is 0 Å². The third kappa shape index (κ3) is 7.41. The van der Waals surface area contributed by atoms with Crippen LogP contribution in [-0.4, -0.2) is 12.1 Å². The lowest BCUT2D eigenvalue weighted by Crippen LogP contribution is -2.38. The zero-order valence-electron chi connectivity index (χ0n) is 13.3. The van der Waals surface area contributed by atoms with E-state index in [4.69, 9.17) is 4.42 Å². The first kappa shape index (κ1) is 16.3. The quantitative estimate of drug-likeness (QED) is 0.703. The molecule has 1 aromatic rings. The van der Waals surface area contributed by atoms with Gasteiger partial charge in [-0.1, -0.05) is 27.7 Å². The molecule has 1 aromatic heterocycles. The van der Waals surface area contributed by atoms with Crippen LogP contribution in [0.2, 0.25) is 0 Å². The van der Waals surface area contributed by atoms with Gasteiger partial charge in [0.25, 0.3) is 0 Å². The summed E-state index contributed by atoms with van der Waals surface area (Å²) in [4.78, 5) is 0. The fourth-order valence-corrected chi connectivity index (χ4v) is 2.67. The number of nitrogens with one attached hydrogen (secondary N) is 1. The van der Waals surface area contributed by atoms with Gasteiger partial charge >= 0.3 is 0 Å². The first-order valence-corrected chi connectivity index (χ1v) is 7.75. The molecule has 0 aliphatic carbocycles. The molecule has 1 atom stereocenters. The van der Waals surface area contributed by atoms with Gasteiger partial charge in [-0.3, -0.25) is 0 Å². The molecule has 110 valence electrons. The van der Waals surface area contributed by atoms with E-state index in [1.165, 1.54) is 12.8 Å². The molecular formula is C17H31NO. The minimum Gasteiger partial charge on any atom is -0.469 e. The predicted molar refractivity (Wildman–Crippen MR) is 82.3 cm³/mol. The summed E-state index contributed by atoms with van der Waals surface area (Å²) >= 11 is 0. The molecule has 0 aliphatic heterocycles. The van der Waals surface area contributed by atoms with Crippen molar-refractivity contribution in [3.8, 4) is 0 Å². The van der Waals surface area contributed by atoms with Gasteiger partial charge in [0.1, 0.15) is 5.76 Å². The molecule has 0 bridgehead atoms. The maximum absolute atomic E-state index is 5.39. The van der Waals surface area contributed by atoms with Gasteiger partial charge in [-0.25, -0.2) is 0 Å². The lowest BCUT2D eigenvalue weighted by atomic mass is 9.94. The molecule has 19 heavy (non-hydrogen) atoms. The smallest absolute Gasteiger partial charge is 0.103 e. The Morgan fingerprint density at radius 1 is 1.05 bits per heavy atom. The van der Waals surface area contributed by atoms with Crippen molar-refractivity contribution < 1.29 is 4.42 Å². The van der Waals surface area contributed by atoms with Crippen LogP contribution < -0.4 is 5.32 Å². The van der Waals surface area contributed by atoms with Crippen molar-refractivity contribution in [2.45, 2.75) is 72.4 Å². The van der Waals surface area contributed by atoms with Crippen molar-refractivity contribution in [1.29, 1.82) is 0 Å². The lowest BCUT2D eigenvalue weighted by Gasteiger charge is -2.26. The normalized spacial score (nSPS) is 13.7. The number of hydrogen-bond acceptors (Lipinski definition) is 2. The Bertz CT molecular complexity index is 306. The molecule has 0 aliphatic rings. The zero-order chi connectivity index (χ0) is 14.3. The van der Waals surface area contributed by atoms with E-state index in [1.54, 1.807) is 6.26 Å². The largest absolute Gasteiger partial charge is 0.469 e. The van der Waals surface area contributed by atoms with Crippen molar-refractivity contribution in [2.75, 3.05) is 0 Å². The van der Waals surface area contributed by atoms with Crippen molar-refractivity contribution >= 4 is 0 Å². The van der Waals surface area contributed by atoms with E-state index in [9.17, 15) is 0 Å². The Hall–Kier alpha value is -0.760. The van der Waals surface area contributed by atoms with Crippen LogP contribution in [0.15, 0.2) is 22.8 Å².